The lowest BCUT2D eigenvalue weighted by Gasteiger charge is -2.09. The van der Waals surface area contributed by atoms with Crippen LogP contribution in [0.4, 0.5) is 4.39 Å². The van der Waals surface area contributed by atoms with E-state index in [-0.39, 0.29) is 17.1 Å². The molecule has 0 atom stereocenters. The summed E-state index contributed by atoms with van der Waals surface area (Å²) in [6.45, 7) is 5.19. The van der Waals surface area contributed by atoms with E-state index in [1.54, 1.807) is 0 Å². The number of phenols is 1. The van der Waals surface area contributed by atoms with Crippen LogP contribution in [0.15, 0.2) is 29.3 Å². The first-order valence-electron chi connectivity index (χ1n) is 6.47. The lowest BCUT2D eigenvalue weighted by Crippen LogP contribution is -1.98. The van der Waals surface area contributed by atoms with E-state index in [4.69, 9.17) is 0 Å². The molecule has 0 fully saturated rings. The molecule has 21 heavy (non-hydrogen) atoms. The Morgan fingerprint density at radius 1 is 1.29 bits per heavy atom. The number of aryl methyl sites for hydroxylation is 2. The van der Waals surface area contributed by atoms with E-state index in [0.717, 1.165) is 22.3 Å². The van der Waals surface area contributed by atoms with Crippen LogP contribution in [0.3, 0.4) is 0 Å². The van der Waals surface area contributed by atoms with Gasteiger partial charge >= 0.3 is 0 Å². The van der Waals surface area contributed by atoms with Crippen molar-refractivity contribution in [2.24, 2.45) is 0 Å². The van der Waals surface area contributed by atoms with Crippen molar-refractivity contribution in [3.05, 3.63) is 52.5 Å². The molecule has 110 valence electrons. The number of pyridine rings is 1. The summed E-state index contributed by atoms with van der Waals surface area (Å²) >= 11 is 1.40. The van der Waals surface area contributed by atoms with Crippen molar-refractivity contribution in [2.45, 2.75) is 31.6 Å². The molecule has 2 aromatic rings. The van der Waals surface area contributed by atoms with Gasteiger partial charge in [-0.15, -0.1) is 11.8 Å². The minimum absolute atomic E-state index is 0.0129. The Bertz CT molecular complexity index is 681. The van der Waals surface area contributed by atoms with Gasteiger partial charge in [0.25, 0.3) is 0 Å². The number of hydrogen-bond donors (Lipinski definition) is 1. The average molecular weight is 305 g/mol. The highest BCUT2D eigenvalue weighted by molar-refractivity contribution is 7.98. The molecule has 0 radical (unpaired) electrons. The molecule has 1 heterocycles. The van der Waals surface area contributed by atoms with Crippen LogP contribution in [0.2, 0.25) is 0 Å². The van der Waals surface area contributed by atoms with Crippen molar-refractivity contribution in [1.29, 1.82) is 0 Å². The highest BCUT2D eigenvalue weighted by Gasteiger charge is 2.14. The molecule has 0 amide bonds. The van der Waals surface area contributed by atoms with Crippen LogP contribution in [0.25, 0.3) is 0 Å². The minimum Gasteiger partial charge on any atom is -0.507 e. The number of carbonyl (C=O) groups excluding carboxylic acids is 1. The molecule has 0 aliphatic heterocycles. The third-order valence-corrected chi connectivity index (χ3v) is 3.94. The third kappa shape index (κ3) is 3.82. The number of ketones is 1. The fourth-order valence-electron chi connectivity index (χ4n) is 2.06. The number of aromatic hydroxyl groups is 1. The second-order valence-corrected chi connectivity index (χ2v) is 5.93. The van der Waals surface area contributed by atoms with E-state index < -0.39 is 5.82 Å². The van der Waals surface area contributed by atoms with E-state index in [2.05, 4.69) is 4.98 Å². The zero-order chi connectivity index (χ0) is 15.6. The molecule has 0 saturated heterocycles. The topological polar surface area (TPSA) is 50.2 Å². The Kier molecular flexibility index (Phi) is 4.63. The van der Waals surface area contributed by atoms with Gasteiger partial charge in [0.2, 0.25) is 0 Å². The molecule has 0 aliphatic rings. The maximum absolute atomic E-state index is 13.5. The number of halogens is 1. The number of phenolic OH excluding ortho intramolecular Hbond substituents is 1. The lowest BCUT2D eigenvalue weighted by atomic mass is 10.1. The largest absolute Gasteiger partial charge is 0.507 e. The molecule has 0 saturated carbocycles. The van der Waals surface area contributed by atoms with Gasteiger partial charge in [-0.2, -0.15) is 0 Å². The number of nitrogens with zero attached hydrogens (tertiary/aromatic N) is 1. The fourth-order valence-corrected chi connectivity index (χ4v) is 3.07. The van der Waals surface area contributed by atoms with Crippen LogP contribution in [0.1, 0.15) is 34.1 Å². The monoisotopic (exact) mass is 305 g/mol. The molecule has 1 aromatic carbocycles. The molecule has 0 unspecified atom stereocenters. The molecule has 0 spiro atoms. The van der Waals surface area contributed by atoms with Crippen molar-refractivity contribution in [3.63, 3.8) is 0 Å². The standard InChI is InChI=1S/C16H16FNO2S/c1-9-4-10(2)18-15(5-9)21-8-12-6-13(17)7-14(11(3)19)16(12)20/h4-7,20H,8H2,1-3H3. The first-order valence-corrected chi connectivity index (χ1v) is 7.46. The van der Waals surface area contributed by atoms with Gasteiger partial charge in [0.05, 0.1) is 10.6 Å². The van der Waals surface area contributed by atoms with Crippen molar-refractivity contribution in [1.82, 2.24) is 4.98 Å². The quantitative estimate of drug-likeness (QED) is 0.684. The Balaban J connectivity index is 2.25. The number of carbonyl (C=O) groups is 1. The van der Waals surface area contributed by atoms with Crippen LogP contribution in [-0.2, 0) is 5.75 Å². The number of benzene rings is 1. The summed E-state index contributed by atoms with van der Waals surface area (Å²) in [6.07, 6.45) is 0. The van der Waals surface area contributed by atoms with Gasteiger partial charge in [-0.05, 0) is 50.6 Å². The number of thioether (sulfide) groups is 1. The van der Waals surface area contributed by atoms with E-state index in [1.807, 2.05) is 26.0 Å². The summed E-state index contributed by atoms with van der Waals surface area (Å²) in [5.74, 6) is -0.690. The zero-order valence-corrected chi connectivity index (χ0v) is 12.9. The first kappa shape index (κ1) is 15.5. The van der Waals surface area contributed by atoms with Gasteiger partial charge in [0.15, 0.2) is 5.78 Å². The van der Waals surface area contributed by atoms with Gasteiger partial charge in [-0.3, -0.25) is 4.79 Å². The molecular formula is C16H16FNO2S. The Morgan fingerprint density at radius 3 is 2.62 bits per heavy atom. The van der Waals surface area contributed by atoms with Gasteiger partial charge in [0, 0.05) is 17.0 Å². The summed E-state index contributed by atoms with van der Waals surface area (Å²) < 4.78 is 13.5. The predicted molar refractivity (Wildman–Crippen MR) is 81.3 cm³/mol. The van der Waals surface area contributed by atoms with Crippen LogP contribution in [-0.4, -0.2) is 15.9 Å². The summed E-state index contributed by atoms with van der Waals surface area (Å²) in [4.78, 5) is 15.8. The second kappa shape index (κ2) is 6.26. The number of aromatic nitrogens is 1. The van der Waals surface area contributed by atoms with Gasteiger partial charge in [-0.1, -0.05) is 0 Å². The van der Waals surface area contributed by atoms with Gasteiger partial charge in [-0.25, -0.2) is 9.37 Å². The Labute approximate surface area is 127 Å². The number of Topliss-reactive ketones (excluding diaryl/α,β-unsaturated/α-hetero) is 1. The van der Waals surface area contributed by atoms with E-state index >= 15 is 0 Å². The fraction of sp³-hybridized carbons (Fsp3) is 0.250. The first-order chi connectivity index (χ1) is 9.86. The maximum atomic E-state index is 13.5. The summed E-state index contributed by atoms with van der Waals surface area (Å²) in [5.41, 5.74) is 2.41. The summed E-state index contributed by atoms with van der Waals surface area (Å²) in [5, 5.41) is 10.9. The Hall–Kier alpha value is -1.88. The summed E-state index contributed by atoms with van der Waals surface area (Å²) in [7, 11) is 0. The molecule has 3 nitrogen and oxygen atoms in total. The molecular weight excluding hydrogens is 289 g/mol. The van der Waals surface area contributed by atoms with Crippen LogP contribution >= 0.6 is 11.8 Å². The molecule has 0 aliphatic carbocycles. The van der Waals surface area contributed by atoms with Crippen molar-refractivity contribution >= 4 is 17.5 Å². The predicted octanol–water partition coefficient (Wildman–Crippen LogP) is 4.04. The van der Waals surface area contributed by atoms with Crippen LogP contribution in [0, 0.1) is 19.7 Å². The maximum Gasteiger partial charge on any atom is 0.163 e. The highest BCUT2D eigenvalue weighted by atomic mass is 32.2. The number of hydrogen-bond acceptors (Lipinski definition) is 4. The van der Waals surface area contributed by atoms with E-state index in [1.165, 1.54) is 24.8 Å². The molecule has 5 heteroatoms. The highest BCUT2D eigenvalue weighted by Crippen LogP contribution is 2.30. The van der Waals surface area contributed by atoms with Crippen LogP contribution in [0.5, 0.6) is 5.75 Å². The average Bonchev–Trinajstić information content (AvgIpc) is 2.38. The lowest BCUT2D eigenvalue weighted by molar-refractivity contribution is 0.101. The van der Waals surface area contributed by atoms with Gasteiger partial charge < -0.3 is 5.11 Å². The minimum atomic E-state index is -0.526. The van der Waals surface area contributed by atoms with Crippen LogP contribution < -0.4 is 0 Å². The molecule has 1 N–H and O–H groups in total. The molecule has 2 rings (SSSR count). The van der Waals surface area contributed by atoms with E-state index in [0.29, 0.717) is 11.3 Å². The van der Waals surface area contributed by atoms with Crippen molar-refractivity contribution in [3.8, 4) is 5.75 Å². The normalized spacial score (nSPS) is 10.7. The van der Waals surface area contributed by atoms with Crippen molar-refractivity contribution < 1.29 is 14.3 Å². The molecule has 0 bridgehead atoms. The smallest absolute Gasteiger partial charge is 0.163 e. The second-order valence-electron chi connectivity index (χ2n) is 4.93. The number of rotatable bonds is 4. The Morgan fingerprint density at radius 2 is 2.00 bits per heavy atom. The van der Waals surface area contributed by atoms with Gasteiger partial charge in [0.1, 0.15) is 11.6 Å². The zero-order valence-electron chi connectivity index (χ0n) is 12.1. The SMILES string of the molecule is CC(=O)c1cc(F)cc(CSc2cc(C)cc(C)n2)c1O. The summed E-state index contributed by atoms with van der Waals surface area (Å²) in [6, 6.07) is 6.20. The third-order valence-electron chi connectivity index (χ3n) is 2.98. The molecule has 1 aromatic heterocycles. The van der Waals surface area contributed by atoms with Crippen molar-refractivity contribution in [2.75, 3.05) is 0 Å². The van der Waals surface area contributed by atoms with E-state index in [9.17, 15) is 14.3 Å².